The van der Waals surface area contributed by atoms with Crippen LogP contribution in [0, 0.1) is 6.92 Å². The number of nitrogens with zero attached hydrogens (tertiary/aromatic N) is 3. The van der Waals surface area contributed by atoms with Gasteiger partial charge in [0, 0.05) is 31.7 Å². The number of aryl methyl sites for hydroxylation is 1. The van der Waals surface area contributed by atoms with Crippen molar-refractivity contribution in [2.24, 2.45) is 0 Å². The number of pyridine rings is 1. The molecule has 1 N–H and O–H groups in total. The fourth-order valence-electron chi connectivity index (χ4n) is 3.06. The second-order valence-electron chi connectivity index (χ2n) is 6.05. The monoisotopic (exact) mass is 322 g/mol. The average Bonchev–Trinajstić information content (AvgIpc) is 3.10. The molecule has 6 nitrogen and oxygen atoms in total. The lowest BCUT2D eigenvalue weighted by atomic mass is 10.1. The van der Waals surface area contributed by atoms with E-state index >= 15 is 0 Å². The third kappa shape index (κ3) is 2.88. The summed E-state index contributed by atoms with van der Waals surface area (Å²) in [5.41, 5.74) is 3.54. The fraction of sp³-hybridized carbons (Fsp3) is 0.278. The Morgan fingerprint density at radius 1 is 1.25 bits per heavy atom. The number of rotatable bonds is 3. The van der Waals surface area contributed by atoms with Crippen molar-refractivity contribution < 1.29 is 4.42 Å². The van der Waals surface area contributed by atoms with Crippen LogP contribution in [0.15, 0.2) is 45.8 Å². The van der Waals surface area contributed by atoms with Crippen LogP contribution in [0.2, 0.25) is 0 Å². The topological polar surface area (TPSA) is 75.0 Å². The van der Waals surface area contributed by atoms with Gasteiger partial charge in [-0.05, 0) is 31.2 Å². The molecule has 3 aromatic heterocycles. The van der Waals surface area contributed by atoms with Gasteiger partial charge in [-0.1, -0.05) is 6.07 Å². The molecule has 4 rings (SSSR count). The van der Waals surface area contributed by atoms with Crippen LogP contribution in [0.25, 0.3) is 11.6 Å². The number of hydrogen-bond acceptors (Lipinski definition) is 5. The lowest BCUT2D eigenvalue weighted by molar-refractivity contribution is 0.239. The number of nitrogens with one attached hydrogen (secondary N) is 1. The van der Waals surface area contributed by atoms with E-state index in [0.717, 1.165) is 42.2 Å². The number of furan rings is 1. The largest absolute Gasteiger partial charge is 0.461 e. The maximum absolute atomic E-state index is 12.5. The molecule has 3 aromatic rings. The van der Waals surface area contributed by atoms with Crippen LogP contribution in [0.5, 0.6) is 0 Å². The van der Waals surface area contributed by atoms with E-state index in [1.54, 1.807) is 18.4 Å². The maximum atomic E-state index is 12.5. The normalized spacial score (nSPS) is 14.5. The molecule has 24 heavy (non-hydrogen) atoms. The third-order valence-electron chi connectivity index (χ3n) is 4.23. The molecular weight excluding hydrogens is 304 g/mol. The van der Waals surface area contributed by atoms with Crippen molar-refractivity contribution in [1.29, 1.82) is 0 Å². The Morgan fingerprint density at radius 2 is 2.17 bits per heavy atom. The molecule has 6 heteroatoms. The Labute approximate surface area is 139 Å². The molecule has 0 radical (unpaired) electrons. The van der Waals surface area contributed by atoms with Gasteiger partial charge in [0.25, 0.3) is 5.56 Å². The Hall–Kier alpha value is -2.73. The quantitative estimate of drug-likeness (QED) is 0.801. The summed E-state index contributed by atoms with van der Waals surface area (Å²) in [5, 5.41) is 0. The van der Waals surface area contributed by atoms with E-state index in [-0.39, 0.29) is 5.56 Å². The standard InChI is InChI=1S/C18H18N4O2/c1-12-4-2-5-13(19-12)10-22-8-7-15-14(11-22)18(23)21-17(20-15)16-6-3-9-24-16/h2-6,9H,7-8,10-11H2,1H3,(H,20,21,23). The zero-order valence-corrected chi connectivity index (χ0v) is 13.5. The first-order valence-electron chi connectivity index (χ1n) is 8.00. The highest BCUT2D eigenvalue weighted by atomic mass is 16.3. The zero-order chi connectivity index (χ0) is 16.5. The van der Waals surface area contributed by atoms with E-state index in [1.807, 2.05) is 25.1 Å². The summed E-state index contributed by atoms with van der Waals surface area (Å²) >= 11 is 0. The summed E-state index contributed by atoms with van der Waals surface area (Å²) in [4.78, 5) is 26.6. The van der Waals surface area contributed by atoms with Gasteiger partial charge in [0.1, 0.15) is 0 Å². The van der Waals surface area contributed by atoms with E-state index in [4.69, 9.17) is 4.42 Å². The van der Waals surface area contributed by atoms with Gasteiger partial charge in [-0.3, -0.25) is 14.7 Å². The molecule has 0 fully saturated rings. The van der Waals surface area contributed by atoms with Crippen molar-refractivity contribution in [2.75, 3.05) is 6.54 Å². The number of fused-ring (bicyclic) bond motifs is 1. The van der Waals surface area contributed by atoms with Crippen LogP contribution in [0.1, 0.15) is 22.6 Å². The molecule has 0 saturated heterocycles. The van der Waals surface area contributed by atoms with Gasteiger partial charge < -0.3 is 9.40 Å². The van der Waals surface area contributed by atoms with Crippen LogP contribution in [0.4, 0.5) is 0 Å². The smallest absolute Gasteiger partial charge is 0.256 e. The molecule has 1 aliphatic heterocycles. The van der Waals surface area contributed by atoms with Crippen molar-refractivity contribution in [3.05, 3.63) is 69.6 Å². The average molecular weight is 322 g/mol. The van der Waals surface area contributed by atoms with Gasteiger partial charge in [-0.2, -0.15) is 0 Å². The van der Waals surface area contributed by atoms with Crippen LogP contribution in [-0.4, -0.2) is 26.4 Å². The second kappa shape index (κ2) is 6.05. The molecule has 122 valence electrons. The van der Waals surface area contributed by atoms with Gasteiger partial charge >= 0.3 is 0 Å². The second-order valence-corrected chi connectivity index (χ2v) is 6.05. The summed E-state index contributed by atoms with van der Waals surface area (Å²) < 4.78 is 5.33. The van der Waals surface area contributed by atoms with Crippen LogP contribution >= 0.6 is 0 Å². The lowest BCUT2D eigenvalue weighted by Crippen LogP contribution is -2.35. The Bertz CT molecular complexity index is 915. The first-order chi connectivity index (χ1) is 11.7. The summed E-state index contributed by atoms with van der Waals surface area (Å²) in [6, 6.07) is 9.60. The van der Waals surface area contributed by atoms with Gasteiger partial charge in [0.2, 0.25) is 0 Å². The molecular formula is C18H18N4O2. The highest BCUT2D eigenvalue weighted by Gasteiger charge is 2.22. The van der Waals surface area contributed by atoms with Gasteiger partial charge in [-0.15, -0.1) is 0 Å². The summed E-state index contributed by atoms with van der Waals surface area (Å²) in [7, 11) is 0. The molecule has 0 aliphatic carbocycles. The molecule has 0 unspecified atom stereocenters. The van der Waals surface area contributed by atoms with Crippen LogP contribution in [-0.2, 0) is 19.5 Å². The number of aromatic nitrogens is 3. The van der Waals surface area contributed by atoms with Gasteiger partial charge in [0.15, 0.2) is 11.6 Å². The molecule has 0 bridgehead atoms. The fourth-order valence-corrected chi connectivity index (χ4v) is 3.06. The maximum Gasteiger partial charge on any atom is 0.256 e. The minimum Gasteiger partial charge on any atom is -0.461 e. The first kappa shape index (κ1) is 14.8. The molecule has 0 amide bonds. The van der Waals surface area contributed by atoms with Gasteiger partial charge in [0.05, 0.1) is 23.2 Å². The highest BCUT2D eigenvalue weighted by molar-refractivity contribution is 5.47. The summed E-state index contributed by atoms with van der Waals surface area (Å²) in [5.74, 6) is 1.08. The minimum absolute atomic E-state index is 0.0895. The predicted molar refractivity (Wildman–Crippen MR) is 89.4 cm³/mol. The van der Waals surface area contributed by atoms with Crippen molar-refractivity contribution in [1.82, 2.24) is 19.9 Å². The summed E-state index contributed by atoms with van der Waals surface area (Å²) in [6.07, 6.45) is 2.32. The zero-order valence-electron chi connectivity index (χ0n) is 13.5. The van der Waals surface area contributed by atoms with E-state index in [2.05, 4.69) is 19.9 Å². The molecule has 0 spiro atoms. The van der Waals surface area contributed by atoms with Crippen molar-refractivity contribution in [2.45, 2.75) is 26.4 Å². The number of H-pyrrole nitrogens is 1. The Kier molecular flexibility index (Phi) is 3.74. The van der Waals surface area contributed by atoms with Crippen LogP contribution in [0.3, 0.4) is 0 Å². The van der Waals surface area contributed by atoms with E-state index in [0.29, 0.717) is 18.1 Å². The van der Waals surface area contributed by atoms with E-state index in [1.165, 1.54) is 0 Å². The van der Waals surface area contributed by atoms with E-state index < -0.39 is 0 Å². The number of aromatic amines is 1. The third-order valence-corrected chi connectivity index (χ3v) is 4.23. The lowest BCUT2D eigenvalue weighted by Gasteiger charge is -2.27. The number of hydrogen-bond donors (Lipinski definition) is 1. The minimum atomic E-state index is -0.0895. The highest BCUT2D eigenvalue weighted by Crippen LogP contribution is 2.19. The molecule has 0 atom stereocenters. The molecule has 1 aliphatic rings. The summed E-state index contributed by atoms with van der Waals surface area (Å²) in [6.45, 7) is 4.17. The molecule has 0 saturated carbocycles. The van der Waals surface area contributed by atoms with Crippen molar-refractivity contribution >= 4 is 0 Å². The van der Waals surface area contributed by atoms with Crippen molar-refractivity contribution in [3.63, 3.8) is 0 Å². The van der Waals surface area contributed by atoms with Gasteiger partial charge in [-0.25, -0.2) is 4.98 Å². The Balaban J connectivity index is 1.58. The van der Waals surface area contributed by atoms with Crippen molar-refractivity contribution in [3.8, 4) is 11.6 Å². The van der Waals surface area contributed by atoms with E-state index in [9.17, 15) is 4.79 Å². The predicted octanol–water partition coefficient (Wildman–Crippen LogP) is 2.29. The Morgan fingerprint density at radius 3 is 2.96 bits per heavy atom. The molecule has 4 heterocycles. The SMILES string of the molecule is Cc1cccc(CN2CCc3nc(-c4ccco4)[nH]c(=O)c3C2)n1. The van der Waals surface area contributed by atoms with Crippen LogP contribution < -0.4 is 5.56 Å². The first-order valence-corrected chi connectivity index (χ1v) is 8.00. The molecule has 0 aromatic carbocycles.